The summed E-state index contributed by atoms with van der Waals surface area (Å²) >= 11 is -1.93. The van der Waals surface area contributed by atoms with Crippen molar-refractivity contribution in [3.05, 3.63) is 174 Å². The zero-order chi connectivity index (χ0) is 45.9. The Hall–Kier alpha value is -4.41. The molecular weight excluding hydrogens is 953 g/mol. The molecule has 7 aromatic rings. The van der Waals surface area contributed by atoms with Gasteiger partial charge in [-0.15, -0.1) is 65.7 Å². The first-order valence-electron chi connectivity index (χ1n) is 22.9. The third-order valence-corrected chi connectivity index (χ3v) is 14.5. The van der Waals surface area contributed by atoms with Crippen LogP contribution in [0.3, 0.4) is 0 Å². The van der Waals surface area contributed by atoms with Crippen LogP contribution in [0.1, 0.15) is 89.4 Å². The standard InChI is InChI=1S/C39H42GeN.C16H18N.Ir/c1-26(2)35-22-33(30-17-19-34(20-18-30)40(6,7)8)23-36(27(3)4)39(35)37-24-38(41-25-28(37)5)32-16-12-15-31(21-32)29-13-10-9-11-14-29;1-16(2,3)11-13-9-10-15(17-12-13)14-7-5-4-6-8-14;/h9-15,17-27H,1-8H3;4-7,9-10,12H,11H2,1-3H3;/q2*-1;/i5D3;11D2;. The quantitative estimate of drug-likeness (QED) is 0.106. The van der Waals surface area contributed by atoms with Crippen LogP contribution in [-0.4, -0.2) is 23.2 Å². The van der Waals surface area contributed by atoms with Crippen molar-refractivity contribution in [2.45, 2.75) is 90.8 Å². The van der Waals surface area contributed by atoms with Gasteiger partial charge in [0.05, 0.1) is 0 Å². The normalized spacial score (nSPS) is 13.3. The van der Waals surface area contributed by atoms with Crippen molar-refractivity contribution in [3.8, 4) is 55.9 Å². The molecule has 7 rings (SSSR count). The Balaban J connectivity index is 0.000000322. The summed E-state index contributed by atoms with van der Waals surface area (Å²) < 4.78 is 43.3. The first-order valence-corrected chi connectivity index (χ1v) is 27.7. The predicted molar refractivity (Wildman–Crippen MR) is 252 cm³/mol. The molecule has 0 aliphatic carbocycles. The van der Waals surface area contributed by atoms with E-state index in [0.717, 1.165) is 50.2 Å². The van der Waals surface area contributed by atoms with Crippen molar-refractivity contribution >= 4 is 17.7 Å². The average Bonchev–Trinajstić information content (AvgIpc) is 3.25. The molecule has 2 nitrogen and oxygen atoms in total. The van der Waals surface area contributed by atoms with Gasteiger partial charge in [-0.1, -0.05) is 63.2 Å². The van der Waals surface area contributed by atoms with Gasteiger partial charge in [0.25, 0.3) is 0 Å². The van der Waals surface area contributed by atoms with Crippen molar-refractivity contribution in [3.63, 3.8) is 0 Å². The molecule has 0 aliphatic rings. The van der Waals surface area contributed by atoms with Crippen LogP contribution >= 0.6 is 0 Å². The van der Waals surface area contributed by atoms with Gasteiger partial charge in [0, 0.05) is 29.0 Å². The number of hydrogen-bond acceptors (Lipinski definition) is 2. The molecule has 0 fully saturated rings. The molecule has 0 bridgehead atoms. The van der Waals surface area contributed by atoms with Crippen LogP contribution in [-0.2, 0) is 26.5 Å². The number of pyridine rings is 2. The summed E-state index contributed by atoms with van der Waals surface area (Å²) in [6, 6.07) is 49.7. The number of benzene rings is 5. The van der Waals surface area contributed by atoms with Gasteiger partial charge in [0.15, 0.2) is 0 Å². The summed E-state index contributed by atoms with van der Waals surface area (Å²) in [5, 5.41) is 0. The summed E-state index contributed by atoms with van der Waals surface area (Å²) in [6.45, 7) is 12.1. The molecule has 2 aromatic heterocycles. The van der Waals surface area contributed by atoms with Crippen molar-refractivity contribution in [2.75, 3.05) is 0 Å². The molecule has 0 N–H and O–H groups in total. The second-order valence-electron chi connectivity index (χ2n) is 17.7. The molecule has 0 amide bonds. The van der Waals surface area contributed by atoms with Gasteiger partial charge in [-0.3, -0.25) is 0 Å². The Morgan fingerprint density at radius 3 is 1.81 bits per heavy atom. The van der Waals surface area contributed by atoms with E-state index < -0.39 is 31.9 Å². The molecule has 59 heavy (non-hydrogen) atoms. The van der Waals surface area contributed by atoms with Crippen LogP contribution < -0.4 is 4.40 Å². The van der Waals surface area contributed by atoms with Gasteiger partial charge < -0.3 is 4.98 Å². The van der Waals surface area contributed by atoms with Gasteiger partial charge in [-0.25, -0.2) is 0 Å². The zero-order valence-electron chi connectivity index (χ0n) is 41.2. The molecule has 1 radical (unpaired) electrons. The molecule has 0 saturated heterocycles. The smallest absolute Gasteiger partial charge is 0.0322 e. The Labute approximate surface area is 378 Å². The summed E-state index contributed by atoms with van der Waals surface area (Å²) in [5.74, 6) is 7.61. The van der Waals surface area contributed by atoms with E-state index in [1.807, 2.05) is 93.6 Å². The van der Waals surface area contributed by atoms with Gasteiger partial charge in [-0.05, 0) is 28.6 Å². The number of nitrogens with zero attached hydrogens (tertiary/aromatic N) is 2. The Bertz CT molecular complexity index is 2600. The molecule has 0 aliphatic heterocycles. The van der Waals surface area contributed by atoms with E-state index in [2.05, 4.69) is 117 Å². The van der Waals surface area contributed by atoms with E-state index in [1.54, 1.807) is 12.4 Å². The largest absolute Gasteiger partial charge is 0.304 e. The van der Waals surface area contributed by atoms with E-state index in [4.69, 9.17) is 11.8 Å². The van der Waals surface area contributed by atoms with Crippen LogP contribution in [0, 0.1) is 24.4 Å². The van der Waals surface area contributed by atoms with Crippen LogP contribution in [0.5, 0.6) is 0 Å². The van der Waals surface area contributed by atoms with Gasteiger partial charge >= 0.3 is 189 Å². The fraction of sp³-hybridized carbons (Fsp3) is 0.273. The van der Waals surface area contributed by atoms with E-state index in [0.29, 0.717) is 11.3 Å². The molecule has 0 spiro atoms. The van der Waals surface area contributed by atoms with E-state index in [9.17, 15) is 0 Å². The number of aromatic nitrogens is 2. The van der Waals surface area contributed by atoms with E-state index in [1.165, 1.54) is 15.5 Å². The third kappa shape index (κ3) is 11.9. The Kier molecular flexibility index (Phi) is 13.0. The number of rotatable bonds is 9. The van der Waals surface area contributed by atoms with Gasteiger partial charge in [0.1, 0.15) is 0 Å². The molecule has 305 valence electrons. The van der Waals surface area contributed by atoms with Gasteiger partial charge in [-0.2, -0.15) is 0 Å². The minimum absolute atomic E-state index is 0. The SMILES string of the molecule is [2H]C([2H])([2H])c1cnc(-c2[c-]ccc(-c3ccccc3)c2)cc1-c1c(C(C)C)cc(-c2cc[c]([Ge]([CH3])([CH3])[CH3])cc2)cc1C(C)C.[2H]C([2H])(c1ccc(-c2[c-]cccc2)nc1)C(C)(C)C.[Ir]. The van der Waals surface area contributed by atoms with Crippen LogP contribution in [0.2, 0.25) is 17.3 Å². The topological polar surface area (TPSA) is 25.8 Å². The molecular formula is C55H60GeIrN2-2. The minimum Gasteiger partial charge on any atom is -0.304 e. The maximum atomic E-state index is 8.48. The molecule has 0 unspecified atom stereocenters. The molecule has 4 heteroatoms. The average molecular weight is 1020 g/mol. The monoisotopic (exact) mass is 1020 g/mol. The zero-order valence-corrected chi connectivity index (χ0v) is 40.7. The fourth-order valence-corrected chi connectivity index (χ4v) is 9.53. The van der Waals surface area contributed by atoms with Crippen molar-refractivity contribution in [1.82, 2.24) is 9.97 Å². The summed E-state index contributed by atoms with van der Waals surface area (Å²) in [4.78, 5) is 9.05. The summed E-state index contributed by atoms with van der Waals surface area (Å²) in [6.07, 6.45) is 1.78. The summed E-state index contributed by atoms with van der Waals surface area (Å²) in [7, 11) is 0. The maximum Gasteiger partial charge on any atom is 0.0322 e. The predicted octanol–water partition coefficient (Wildman–Crippen LogP) is 14.8. The molecule has 0 atom stereocenters. The maximum absolute atomic E-state index is 8.48. The molecule has 5 aromatic carbocycles. The first kappa shape index (κ1) is 38.8. The first-order chi connectivity index (χ1) is 29.6. The van der Waals surface area contributed by atoms with Gasteiger partial charge in [0.2, 0.25) is 0 Å². The summed E-state index contributed by atoms with van der Waals surface area (Å²) in [5.41, 5.74) is 12.3. The molecule has 2 heterocycles. The second-order valence-corrected chi connectivity index (χ2v) is 28.4. The Morgan fingerprint density at radius 1 is 0.627 bits per heavy atom. The van der Waals surface area contributed by atoms with Crippen LogP contribution in [0.25, 0.3) is 55.9 Å². The van der Waals surface area contributed by atoms with E-state index >= 15 is 0 Å². The fourth-order valence-electron chi connectivity index (χ4n) is 7.09. The number of aryl methyl sites for hydroxylation is 1. The van der Waals surface area contributed by atoms with Crippen molar-refractivity contribution < 1.29 is 27.0 Å². The van der Waals surface area contributed by atoms with E-state index in [-0.39, 0.29) is 37.5 Å². The second kappa shape index (κ2) is 19.8. The van der Waals surface area contributed by atoms with Crippen LogP contribution in [0.4, 0.5) is 0 Å². The molecule has 0 saturated carbocycles. The minimum atomic E-state index is -2.31. The third-order valence-electron chi connectivity index (χ3n) is 10.2. The van der Waals surface area contributed by atoms with Crippen LogP contribution in [0.15, 0.2) is 140 Å². The number of hydrogen-bond donors (Lipinski definition) is 0. The van der Waals surface area contributed by atoms with Crippen molar-refractivity contribution in [1.29, 1.82) is 0 Å². The van der Waals surface area contributed by atoms with Crippen molar-refractivity contribution in [2.24, 2.45) is 5.41 Å². The Morgan fingerprint density at radius 2 is 1.25 bits per heavy atom.